The van der Waals surface area contributed by atoms with Crippen molar-refractivity contribution in [3.8, 4) is 11.1 Å². The normalized spacial score (nSPS) is 10.3. The molecule has 1 aromatic heterocycles. The van der Waals surface area contributed by atoms with Crippen LogP contribution in [0.5, 0.6) is 0 Å². The third kappa shape index (κ3) is 2.62. The van der Waals surface area contributed by atoms with Crippen molar-refractivity contribution in [1.82, 2.24) is 0 Å². The molecular formula is C18H14BO3. The van der Waals surface area contributed by atoms with Crippen LogP contribution in [-0.2, 0) is 0 Å². The molecule has 3 nitrogen and oxygen atoms in total. The van der Waals surface area contributed by atoms with E-state index in [4.69, 9.17) is 14.5 Å². The molecule has 1 radical (unpaired) electrons. The number of hydrogen-bond donors (Lipinski definition) is 2. The average Bonchev–Trinajstić information content (AvgIpc) is 2.95. The van der Waals surface area contributed by atoms with Crippen molar-refractivity contribution >= 4 is 29.6 Å². The number of furan rings is 1. The highest BCUT2D eigenvalue weighted by molar-refractivity contribution is 6.13. The Hall–Kier alpha value is -2.56. The van der Waals surface area contributed by atoms with E-state index in [1.54, 1.807) is 0 Å². The van der Waals surface area contributed by atoms with Gasteiger partial charge in [-0.2, -0.15) is 0 Å². The lowest BCUT2D eigenvalue weighted by molar-refractivity contribution is 0.448. The number of rotatable bonds is 1. The molecule has 0 spiro atoms. The van der Waals surface area contributed by atoms with Crippen molar-refractivity contribution in [1.29, 1.82) is 0 Å². The van der Waals surface area contributed by atoms with Crippen LogP contribution in [0.2, 0.25) is 0 Å². The Bertz CT molecular complexity index is 885. The lowest BCUT2D eigenvalue weighted by Gasteiger charge is -2.03. The fourth-order valence-electron chi connectivity index (χ4n) is 2.63. The Balaban J connectivity index is 0.000000446. The maximum Gasteiger partial charge on any atom is 0.482 e. The Labute approximate surface area is 128 Å². The van der Waals surface area contributed by atoms with Crippen LogP contribution in [0.1, 0.15) is 0 Å². The van der Waals surface area contributed by atoms with Crippen molar-refractivity contribution in [2.45, 2.75) is 0 Å². The van der Waals surface area contributed by atoms with Crippen LogP contribution in [0, 0.1) is 0 Å². The van der Waals surface area contributed by atoms with Crippen LogP contribution >= 0.6 is 0 Å². The molecule has 0 aliphatic carbocycles. The third-order valence-electron chi connectivity index (χ3n) is 3.49. The summed E-state index contributed by atoms with van der Waals surface area (Å²) in [5.74, 6) is 0. The molecule has 1 heterocycles. The van der Waals surface area contributed by atoms with Crippen LogP contribution in [0.3, 0.4) is 0 Å². The SMILES string of the molecule is O[B]O.c1ccc(-c2cccc3oc4ccccc4c23)cc1. The highest BCUT2D eigenvalue weighted by Gasteiger charge is 2.11. The fourth-order valence-corrected chi connectivity index (χ4v) is 2.63. The molecule has 4 aromatic rings. The van der Waals surface area contributed by atoms with E-state index in [-0.39, 0.29) is 7.69 Å². The van der Waals surface area contributed by atoms with Gasteiger partial charge in [0.2, 0.25) is 0 Å². The van der Waals surface area contributed by atoms with Gasteiger partial charge in [-0.25, -0.2) is 0 Å². The number of benzene rings is 3. The van der Waals surface area contributed by atoms with Crippen LogP contribution in [0.4, 0.5) is 0 Å². The van der Waals surface area contributed by atoms with E-state index >= 15 is 0 Å². The Kier molecular flexibility index (Phi) is 4.23. The van der Waals surface area contributed by atoms with Crippen molar-refractivity contribution in [2.24, 2.45) is 0 Å². The molecule has 0 atom stereocenters. The van der Waals surface area contributed by atoms with Crippen molar-refractivity contribution in [3.05, 3.63) is 72.8 Å². The van der Waals surface area contributed by atoms with E-state index in [1.807, 2.05) is 30.3 Å². The second-order valence-corrected chi connectivity index (χ2v) is 4.76. The molecule has 0 amide bonds. The molecule has 0 bridgehead atoms. The van der Waals surface area contributed by atoms with Gasteiger partial charge in [-0.15, -0.1) is 0 Å². The summed E-state index contributed by atoms with van der Waals surface area (Å²) in [7, 11) is 0. The number of hydrogen-bond acceptors (Lipinski definition) is 3. The van der Waals surface area contributed by atoms with Crippen molar-refractivity contribution < 1.29 is 14.5 Å². The van der Waals surface area contributed by atoms with Crippen LogP contribution in [-0.4, -0.2) is 17.7 Å². The van der Waals surface area contributed by atoms with E-state index < -0.39 is 0 Å². The van der Waals surface area contributed by atoms with Gasteiger partial charge < -0.3 is 14.5 Å². The minimum atomic E-state index is 0. The summed E-state index contributed by atoms with van der Waals surface area (Å²) in [5, 5.41) is 16.4. The zero-order valence-electron chi connectivity index (χ0n) is 11.8. The molecule has 0 aliphatic heterocycles. The van der Waals surface area contributed by atoms with E-state index in [0.717, 1.165) is 11.2 Å². The third-order valence-corrected chi connectivity index (χ3v) is 3.49. The number of para-hydroxylation sites is 1. The van der Waals surface area contributed by atoms with Gasteiger partial charge in [0.25, 0.3) is 0 Å². The van der Waals surface area contributed by atoms with Gasteiger partial charge >= 0.3 is 7.69 Å². The zero-order valence-corrected chi connectivity index (χ0v) is 11.8. The monoisotopic (exact) mass is 289 g/mol. The minimum absolute atomic E-state index is 0. The first-order valence-corrected chi connectivity index (χ1v) is 6.91. The predicted molar refractivity (Wildman–Crippen MR) is 89.3 cm³/mol. The lowest BCUT2D eigenvalue weighted by Crippen LogP contribution is -1.78. The second-order valence-electron chi connectivity index (χ2n) is 4.76. The first kappa shape index (κ1) is 14.4. The highest BCUT2D eigenvalue weighted by Crippen LogP contribution is 2.36. The van der Waals surface area contributed by atoms with Crippen LogP contribution in [0.15, 0.2) is 77.2 Å². The quantitative estimate of drug-likeness (QED) is 0.525. The molecular weight excluding hydrogens is 275 g/mol. The van der Waals surface area contributed by atoms with E-state index in [1.165, 1.54) is 21.9 Å². The van der Waals surface area contributed by atoms with Gasteiger partial charge in [-0.3, -0.25) is 0 Å². The molecule has 0 aliphatic rings. The van der Waals surface area contributed by atoms with Gasteiger partial charge in [0.15, 0.2) is 0 Å². The van der Waals surface area contributed by atoms with Gasteiger partial charge in [-0.1, -0.05) is 60.7 Å². The van der Waals surface area contributed by atoms with E-state index in [2.05, 4.69) is 42.5 Å². The molecule has 0 saturated heterocycles. The summed E-state index contributed by atoms with van der Waals surface area (Å²) in [5.41, 5.74) is 4.34. The van der Waals surface area contributed by atoms with Gasteiger partial charge in [0.05, 0.1) is 0 Å². The summed E-state index contributed by atoms with van der Waals surface area (Å²) in [4.78, 5) is 0. The first-order valence-electron chi connectivity index (χ1n) is 6.91. The predicted octanol–water partition coefficient (Wildman–Crippen LogP) is 3.76. The molecule has 4 heteroatoms. The van der Waals surface area contributed by atoms with E-state index in [0.29, 0.717) is 0 Å². The summed E-state index contributed by atoms with van der Waals surface area (Å²) < 4.78 is 5.91. The topological polar surface area (TPSA) is 53.6 Å². The summed E-state index contributed by atoms with van der Waals surface area (Å²) >= 11 is 0. The molecule has 107 valence electrons. The molecule has 0 fully saturated rings. The van der Waals surface area contributed by atoms with Crippen molar-refractivity contribution in [2.75, 3.05) is 0 Å². The number of fused-ring (bicyclic) bond motifs is 3. The molecule has 3 aromatic carbocycles. The second kappa shape index (κ2) is 6.47. The standard InChI is InChI=1S/C18H12O.BH2O2/c1-2-7-13(8-3-1)14-10-6-12-17-18(14)15-9-4-5-11-16(15)19-17;2-1-3/h1-12H;2-3H. The van der Waals surface area contributed by atoms with Crippen LogP contribution < -0.4 is 0 Å². The summed E-state index contributed by atoms with van der Waals surface area (Å²) in [6.45, 7) is 0. The van der Waals surface area contributed by atoms with Gasteiger partial charge in [0.1, 0.15) is 11.2 Å². The fraction of sp³-hybridized carbons (Fsp3) is 0. The molecule has 4 rings (SSSR count). The molecule has 2 N–H and O–H groups in total. The Morgan fingerprint density at radius 1 is 0.682 bits per heavy atom. The largest absolute Gasteiger partial charge is 0.482 e. The summed E-state index contributed by atoms with van der Waals surface area (Å²) in [6, 6.07) is 24.9. The smallest absolute Gasteiger partial charge is 0.456 e. The Morgan fingerprint density at radius 2 is 1.32 bits per heavy atom. The molecule has 0 unspecified atom stereocenters. The van der Waals surface area contributed by atoms with Gasteiger partial charge in [0, 0.05) is 10.8 Å². The maximum atomic E-state index is 7.00. The van der Waals surface area contributed by atoms with E-state index in [9.17, 15) is 0 Å². The van der Waals surface area contributed by atoms with Crippen molar-refractivity contribution in [3.63, 3.8) is 0 Å². The molecule has 22 heavy (non-hydrogen) atoms. The Morgan fingerprint density at radius 3 is 2.09 bits per heavy atom. The summed E-state index contributed by atoms with van der Waals surface area (Å²) in [6.07, 6.45) is 0. The first-order chi connectivity index (χ1) is 10.8. The van der Waals surface area contributed by atoms with Crippen LogP contribution in [0.25, 0.3) is 33.1 Å². The minimum Gasteiger partial charge on any atom is -0.456 e. The van der Waals surface area contributed by atoms with Gasteiger partial charge in [-0.05, 0) is 23.3 Å². The zero-order chi connectivity index (χ0) is 15.4. The molecule has 0 saturated carbocycles. The maximum absolute atomic E-state index is 7.00. The lowest BCUT2D eigenvalue weighted by atomic mass is 10.00. The highest BCUT2D eigenvalue weighted by atomic mass is 16.4. The average molecular weight is 289 g/mol.